The number of aliphatic imine (C=N–C) groups is 1. The minimum Gasteiger partial charge on any atom is -0.357 e. The lowest BCUT2D eigenvalue weighted by Gasteiger charge is -2.11. The molecule has 0 aromatic heterocycles. The minimum absolute atomic E-state index is 0.00138. The van der Waals surface area contributed by atoms with E-state index in [1.807, 2.05) is 6.92 Å². The molecule has 0 saturated carbocycles. The van der Waals surface area contributed by atoms with Gasteiger partial charge in [0.1, 0.15) is 11.6 Å². The molecular weight excluding hydrogens is 338 g/mol. The highest BCUT2D eigenvalue weighted by molar-refractivity contribution is 7.89. The molecule has 1 aromatic rings. The summed E-state index contributed by atoms with van der Waals surface area (Å²) in [4.78, 5) is 4.20. The molecule has 24 heavy (non-hydrogen) atoms. The van der Waals surface area contributed by atoms with Crippen molar-refractivity contribution in [2.45, 2.75) is 26.8 Å². The fraction of sp³-hybridized carbons (Fsp3) is 0.533. The summed E-state index contributed by atoms with van der Waals surface area (Å²) in [5.41, 5.74) is 0.169. The SMILES string of the molecule is CCNC(=NCc1cc(F)ccc1F)NCCCNS(=O)(=O)CC. The van der Waals surface area contributed by atoms with Crippen LogP contribution in [-0.4, -0.2) is 39.8 Å². The van der Waals surface area contributed by atoms with Crippen molar-refractivity contribution < 1.29 is 17.2 Å². The molecule has 0 aliphatic rings. The molecule has 3 N–H and O–H groups in total. The van der Waals surface area contributed by atoms with Gasteiger partial charge in [0.05, 0.1) is 12.3 Å². The molecule has 136 valence electrons. The number of hydrogen-bond acceptors (Lipinski definition) is 3. The van der Waals surface area contributed by atoms with Crippen molar-refractivity contribution in [3.63, 3.8) is 0 Å². The zero-order valence-electron chi connectivity index (χ0n) is 13.9. The summed E-state index contributed by atoms with van der Waals surface area (Å²) in [7, 11) is -3.19. The summed E-state index contributed by atoms with van der Waals surface area (Å²) in [5.74, 6) is -0.517. The van der Waals surface area contributed by atoms with Crippen molar-refractivity contribution in [1.82, 2.24) is 15.4 Å². The predicted octanol–water partition coefficient (Wildman–Crippen LogP) is 1.35. The molecule has 0 bridgehead atoms. The van der Waals surface area contributed by atoms with Crippen LogP contribution in [0.5, 0.6) is 0 Å². The number of sulfonamides is 1. The first-order chi connectivity index (χ1) is 11.4. The van der Waals surface area contributed by atoms with E-state index < -0.39 is 21.7 Å². The van der Waals surface area contributed by atoms with Crippen LogP contribution in [0.3, 0.4) is 0 Å². The largest absolute Gasteiger partial charge is 0.357 e. The van der Waals surface area contributed by atoms with Crippen molar-refractivity contribution in [1.29, 1.82) is 0 Å². The normalized spacial score (nSPS) is 12.2. The molecule has 1 aromatic carbocycles. The van der Waals surface area contributed by atoms with Gasteiger partial charge in [0.2, 0.25) is 10.0 Å². The van der Waals surface area contributed by atoms with Crippen LogP contribution in [0, 0.1) is 11.6 Å². The highest BCUT2D eigenvalue weighted by Gasteiger charge is 2.06. The lowest BCUT2D eigenvalue weighted by molar-refractivity contribution is 0.579. The van der Waals surface area contributed by atoms with Crippen molar-refractivity contribution in [3.8, 4) is 0 Å². The van der Waals surface area contributed by atoms with E-state index in [0.29, 0.717) is 32.0 Å². The van der Waals surface area contributed by atoms with Gasteiger partial charge in [-0.25, -0.2) is 26.9 Å². The number of nitrogens with zero attached hydrogens (tertiary/aromatic N) is 1. The Balaban J connectivity index is 2.49. The molecule has 0 aliphatic heterocycles. The molecule has 0 atom stereocenters. The van der Waals surface area contributed by atoms with Crippen molar-refractivity contribution in [2.24, 2.45) is 4.99 Å². The Morgan fingerprint density at radius 2 is 1.92 bits per heavy atom. The molecule has 6 nitrogen and oxygen atoms in total. The van der Waals surface area contributed by atoms with Gasteiger partial charge in [0, 0.05) is 25.2 Å². The van der Waals surface area contributed by atoms with Crippen LogP contribution in [0.15, 0.2) is 23.2 Å². The van der Waals surface area contributed by atoms with Gasteiger partial charge in [-0.3, -0.25) is 0 Å². The molecule has 0 radical (unpaired) electrons. The molecule has 0 unspecified atom stereocenters. The Morgan fingerprint density at radius 3 is 2.58 bits per heavy atom. The number of hydrogen-bond donors (Lipinski definition) is 3. The second-order valence-electron chi connectivity index (χ2n) is 5.01. The predicted molar refractivity (Wildman–Crippen MR) is 91.3 cm³/mol. The summed E-state index contributed by atoms with van der Waals surface area (Å²) in [5, 5.41) is 6.01. The van der Waals surface area contributed by atoms with Gasteiger partial charge in [-0.15, -0.1) is 0 Å². The third-order valence-corrected chi connectivity index (χ3v) is 4.51. The maximum atomic E-state index is 13.6. The standard InChI is InChI=1S/C15H24F2N4O2S/c1-3-18-15(19-8-5-9-21-24(22,23)4-2)20-11-12-10-13(16)6-7-14(12)17/h6-7,10,21H,3-5,8-9,11H2,1-2H3,(H2,18,19,20). The van der Waals surface area contributed by atoms with E-state index in [2.05, 4.69) is 20.3 Å². The van der Waals surface area contributed by atoms with Gasteiger partial charge < -0.3 is 10.6 Å². The maximum Gasteiger partial charge on any atom is 0.211 e. The van der Waals surface area contributed by atoms with E-state index in [4.69, 9.17) is 0 Å². The first-order valence-corrected chi connectivity index (χ1v) is 9.46. The highest BCUT2D eigenvalue weighted by atomic mass is 32.2. The minimum atomic E-state index is -3.19. The number of benzene rings is 1. The van der Waals surface area contributed by atoms with Crippen molar-refractivity contribution in [2.75, 3.05) is 25.4 Å². The van der Waals surface area contributed by atoms with E-state index in [1.165, 1.54) is 0 Å². The van der Waals surface area contributed by atoms with Crippen LogP contribution in [0.25, 0.3) is 0 Å². The van der Waals surface area contributed by atoms with E-state index in [1.54, 1.807) is 6.92 Å². The van der Waals surface area contributed by atoms with Crippen LogP contribution < -0.4 is 15.4 Å². The number of rotatable bonds is 9. The van der Waals surface area contributed by atoms with Gasteiger partial charge in [-0.2, -0.15) is 0 Å². The lowest BCUT2D eigenvalue weighted by atomic mass is 10.2. The summed E-state index contributed by atoms with van der Waals surface area (Å²) in [6, 6.07) is 3.24. The summed E-state index contributed by atoms with van der Waals surface area (Å²) < 4.78 is 51.7. The van der Waals surface area contributed by atoms with Crippen LogP contribution in [-0.2, 0) is 16.6 Å². The molecule has 0 fully saturated rings. The fourth-order valence-electron chi connectivity index (χ4n) is 1.80. The number of guanidine groups is 1. The van der Waals surface area contributed by atoms with Gasteiger partial charge in [0.25, 0.3) is 0 Å². The third-order valence-electron chi connectivity index (χ3n) is 3.11. The highest BCUT2D eigenvalue weighted by Crippen LogP contribution is 2.10. The van der Waals surface area contributed by atoms with Gasteiger partial charge in [0.15, 0.2) is 5.96 Å². The average Bonchev–Trinajstić information content (AvgIpc) is 2.55. The topological polar surface area (TPSA) is 82.6 Å². The van der Waals surface area contributed by atoms with Crippen molar-refractivity contribution >= 4 is 16.0 Å². The quantitative estimate of drug-likeness (QED) is 0.352. The Bertz CT molecular complexity index is 651. The second-order valence-corrected chi connectivity index (χ2v) is 7.10. The van der Waals surface area contributed by atoms with E-state index >= 15 is 0 Å². The molecule has 0 aliphatic carbocycles. The second kappa shape index (κ2) is 10.2. The third kappa shape index (κ3) is 7.69. The summed E-state index contributed by atoms with van der Waals surface area (Å²) in [6.45, 7) is 4.88. The molecule has 0 spiro atoms. The molecule has 9 heteroatoms. The first-order valence-electron chi connectivity index (χ1n) is 7.81. The Morgan fingerprint density at radius 1 is 1.17 bits per heavy atom. The summed E-state index contributed by atoms with van der Waals surface area (Å²) in [6.07, 6.45) is 0.567. The zero-order chi connectivity index (χ0) is 18.0. The van der Waals surface area contributed by atoms with E-state index in [-0.39, 0.29) is 17.9 Å². The molecule has 0 saturated heterocycles. The smallest absolute Gasteiger partial charge is 0.211 e. The molecule has 0 amide bonds. The van der Waals surface area contributed by atoms with Gasteiger partial charge in [-0.1, -0.05) is 0 Å². The zero-order valence-corrected chi connectivity index (χ0v) is 14.7. The Hall–Kier alpha value is -1.74. The van der Waals surface area contributed by atoms with Crippen LogP contribution >= 0.6 is 0 Å². The lowest BCUT2D eigenvalue weighted by Crippen LogP contribution is -2.38. The Kier molecular flexibility index (Phi) is 8.62. The molecule has 0 heterocycles. The van der Waals surface area contributed by atoms with E-state index in [0.717, 1.165) is 18.2 Å². The average molecular weight is 362 g/mol. The number of nitrogens with one attached hydrogen (secondary N) is 3. The summed E-state index contributed by atoms with van der Waals surface area (Å²) >= 11 is 0. The number of halogens is 2. The maximum absolute atomic E-state index is 13.6. The van der Waals surface area contributed by atoms with E-state index in [9.17, 15) is 17.2 Å². The van der Waals surface area contributed by atoms with Gasteiger partial charge in [-0.05, 0) is 38.5 Å². The van der Waals surface area contributed by atoms with Crippen LogP contribution in [0.4, 0.5) is 8.78 Å². The fourth-order valence-corrected chi connectivity index (χ4v) is 2.45. The first kappa shape index (κ1) is 20.3. The van der Waals surface area contributed by atoms with Crippen LogP contribution in [0.1, 0.15) is 25.8 Å². The van der Waals surface area contributed by atoms with Crippen LogP contribution in [0.2, 0.25) is 0 Å². The monoisotopic (exact) mass is 362 g/mol. The van der Waals surface area contributed by atoms with Gasteiger partial charge >= 0.3 is 0 Å². The Labute approximate surface area is 141 Å². The molecule has 1 rings (SSSR count). The van der Waals surface area contributed by atoms with Crippen molar-refractivity contribution in [3.05, 3.63) is 35.4 Å². The molecular formula is C15H24F2N4O2S.